The van der Waals surface area contributed by atoms with E-state index in [2.05, 4.69) is 11.8 Å². The zero-order chi connectivity index (χ0) is 9.31. The molecule has 0 aromatic carbocycles. The first kappa shape index (κ1) is 9.47. The van der Waals surface area contributed by atoms with E-state index >= 15 is 0 Å². The highest BCUT2D eigenvalue weighted by atomic mass is 15.2. The number of rotatable bonds is 3. The first-order valence-corrected chi connectivity index (χ1v) is 5.76. The van der Waals surface area contributed by atoms with Crippen LogP contribution in [0.3, 0.4) is 0 Å². The molecule has 0 radical (unpaired) electrons. The molecule has 1 saturated heterocycles. The molecule has 0 bridgehead atoms. The summed E-state index contributed by atoms with van der Waals surface area (Å²) in [5.41, 5.74) is 6.33. The molecule has 0 aromatic rings. The van der Waals surface area contributed by atoms with E-state index in [4.69, 9.17) is 5.73 Å². The van der Waals surface area contributed by atoms with E-state index in [9.17, 15) is 0 Å². The van der Waals surface area contributed by atoms with Gasteiger partial charge in [-0.15, -0.1) is 0 Å². The van der Waals surface area contributed by atoms with Gasteiger partial charge in [-0.1, -0.05) is 13.3 Å². The molecule has 13 heavy (non-hydrogen) atoms. The van der Waals surface area contributed by atoms with E-state index in [1.807, 2.05) is 0 Å². The maximum absolute atomic E-state index is 5.89. The SMILES string of the molecule is CCC1CCN(C2(CN)CCC2)C1. The molecule has 0 amide bonds. The van der Waals surface area contributed by atoms with Gasteiger partial charge in [0.05, 0.1) is 0 Å². The molecule has 2 heteroatoms. The predicted octanol–water partition coefficient (Wildman–Crippen LogP) is 1.60. The molecule has 1 heterocycles. The first-order valence-electron chi connectivity index (χ1n) is 5.76. The van der Waals surface area contributed by atoms with Gasteiger partial charge < -0.3 is 5.73 Å². The second-order valence-corrected chi connectivity index (χ2v) is 4.79. The molecule has 1 aliphatic heterocycles. The van der Waals surface area contributed by atoms with Crippen LogP contribution in [-0.4, -0.2) is 30.1 Å². The van der Waals surface area contributed by atoms with E-state index in [1.54, 1.807) is 0 Å². The number of hydrogen-bond donors (Lipinski definition) is 1. The van der Waals surface area contributed by atoms with Gasteiger partial charge in [-0.05, 0) is 38.1 Å². The van der Waals surface area contributed by atoms with E-state index in [0.29, 0.717) is 5.54 Å². The Bertz CT molecular complexity index is 169. The third-order valence-corrected chi connectivity index (χ3v) is 4.20. The lowest BCUT2D eigenvalue weighted by Crippen LogP contribution is -2.57. The van der Waals surface area contributed by atoms with Gasteiger partial charge in [0, 0.05) is 18.6 Å². The topological polar surface area (TPSA) is 29.3 Å². The van der Waals surface area contributed by atoms with E-state index in [0.717, 1.165) is 12.5 Å². The zero-order valence-electron chi connectivity index (χ0n) is 8.76. The smallest absolute Gasteiger partial charge is 0.0331 e. The lowest BCUT2D eigenvalue weighted by Gasteiger charge is -2.48. The van der Waals surface area contributed by atoms with Crippen molar-refractivity contribution < 1.29 is 0 Å². The van der Waals surface area contributed by atoms with Crippen LogP contribution in [0, 0.1) is 5.92 Å². The second-order valence-electron chi connectivity index (χ2n) is 4.79. The van der Waals surface area contributed by atoms with Gasteiger partial charge in [0.2, 0.25) is 0 Å². The molecule has 1 aliphatic carbocycles. The summed E-state index contributed by atoms with van der Waals surface area (Å²) >= 11 is 0. The summed E-state index contributed by atoms with van der Waals surface area (Å²) in [7, 11) is 0. The first-order chi connectivity index (χ1) is 6.30. The average molecular weight is 182 g/mol. The van der Waals surface area contributed by atoms with Crippen LogP contribution in [0.1, 0.15) is 39.0 Å². The summed E-state index contributed by atoms with van der Waals surface area (Å²) in [5.74, 6) is 0.948. The fourth-order valence-corrected chi connectivity index (χ4v) is 2.83. The lowest BCUT2D eigenvalue weighted by atomic mass is 9.75. The number of nitrogens with zero attached hydrogens (tertiary/aromatic N) is 1. The Labute approximate surface area is 81.5 Å². The van der Waals surface area contributed by atoms with Gasteiger partial charge in [-0.2, -0.15) is 0 Å². The molecule has 0 aromatic heterocycles. The third-order valence-electron chi connectivity index (χ3n) is 4.20. The number of nitrogens with two attached hydrogens (primary N) is 1. The summed E-state index contributed by atoms with van der Waals surface area (Å²) in [5, 5.41) is 0. The summed E-state index contributed by atoms with van der Waals surface area (Å²) < 4.78 is 0. The van der Waals surface area contributed by atoms with E-state index < -0.39 is 0 Å². The molecule has 2 aliphatic rings. The van der Waals surface area contributed by atoms with Crippen LogP contribution in [0.15, 0.2) is 0 Å². The van der Waals surface area contributed by atoms with Crippen LogP contribution in [0.2, 0.25) is 0 Å². The van der Waals surface area contributed by atoms with Crippen LogP contribution >= 0.6 is 0 Å². The van der Waals surface area contributed by atoms with Crippen molar-refractivity contribution in [2.45, 2.75) is 44.6 Å². The second kappa shape index (κ2) is 3.58. The van der Waals surface area contributed by atoms with Gasteiger partial charge in [0.1, 0.15) is 0 Å². The van der Waals surface area contributed by atoms with Crippen molar-refractivity contribution in [3.05, 3.63) is 0 Å². The van der Waals surface area contributed by atoms with Gasteiger partial charge in [-0.25, -0.2) is 0 Å². The molecule has 1 unspecified atom stereocenters. The van der Waals surface area contributed by atoms with Crippen LogP contribution in [-0.2, 0) is 0 Å². The fraction of sp³-hybridized carbons (Fsp3) is 1.00. The highest BCUT2D eigenvalue weighted by Gasteiger charge is 2.43. The molecule has 2 fully saturated rings. The maximum atomic E-state index is 5.89. The summed E-state index contributed by atoms with van der Waals surface area (Å²) in [6.07, 6.45) is 6.83. The molecule has 1 atom stereocenters. The normalized spacial score (nSPS) is 33.2. The summed E-state index contributed by atoms with van der Waals surface area (Å²) in [4.78, 5) is 2.67. The zero-order valence-corrected chi connectivity index (χ0v) is 8.76. The highest BCUT2D eigenvalue weighted by molar-refractivity contribution is 5.01. The Kier molecular flexibility index (Phi) is 2.61. The van der Waals surface area contributed by atoms with Crippen molar-refractivity contribution in [1.29, 1.82) is 0 Å². The van der Waals surface area contributed by atoms with Gasteiger partial charge in [0.25, 0.3) is 0 Å². The quantitative estimate of drug-likeness (QED) is 0.718. The Balaban J connectivity index is 1.94. The van der Waals surface area contributed by atoms with Gasteiger partial charge in [-0.3, -0.25) is 4.90 Å². The van der Waals surface area contributed by atoms with E-state index in [-0.39, 0.29) is 0 Å². The fourth-order valence-electron chi connectivity index (χ4n) is 2.83. The predicted molar refractivity (Wildman–Crippen MR) is 55.6 cm³/mol. The molecule has 2 nitrogen and oxygen atoms in total. The molecule has 76 valence electrons. The average Bonchev–Trinajstić information content (AvgIpc) is 2.52. The lowest BCUT2D eigenvalue weighted by molar-refractivity contribution is 0.0409. The minimum atomic E-state index is 0.434. The highest BCUT2D eigenvalue weighted by Crippen LogP contribution is 2.40. The van der Waals surface area contributed by atoms with Crippen molar-refractivity contribution >= 4 is 0 Å². The molecule has 0 spiro atoms. The Morgan fingerprint density at radius 2 is 2.23 bits per heavy atom. The number of hydrogen-bond acceptors (Lipinski definition) is 2. The molecular formula is C11H22N2. The molecular weight excluding hydrogens is 160 g/mol. The van der Waals surface area contributed by atoms with Crippen molar-refractivity contribution in [3.63, 3.8) is 0 Å². The Morgan fingerprint density at radius 1 is 1.46 bits per heavy atom. The largest absolute Gasteiger partial charge is 0.329 e. The Hall–Kier alpha value is -0.0800. The standard InChI is InChI=1S/C11H22N2/c1-2-10-4-7-13(8-10)11(9-12)5-3-6-11/h10H,2-9,12H2,1H3. The van der Waals surface area contributed by atoms with Crippen molar-refractivity contribution in [2.75, 3.05) is 19.6 Å². The minimum Gasteiger partial charge on any atom is -0.329 e. The van der Waals surface area contributed by atoms with Crippen LogP contribution in [0.5, 0.6) is 0 Å². The van der Waals surface area contributed by atoms with Gasteiger partial charge in [0.15, 0.2) is 0 Å². The van der Waals surface area contributed by atoms with Gasteiger partial charge >= 0.3 is 0 Å². The molecule has 1 saturated carbocycles. The van der Waals surface area contributed by atoms with E-state index in [1.165, 1.54) is 45.2 Å². The molecule has 2 rings (SSSR count). The van der Waals surface area contributed by atoms with Crippen LogP contribution in [0.25, 0.3) is 0 Å². The van der Waals surface area contributed by atoms with Crippen LogP contribution in [0.4, 0.5) is 0 Å². The van der Waals surface area contributed by atoms with Crippen molar-refractivity contribution in [2.24, 2.45) is 11.7 Å². The number of likely N-dealkylation sites (tertiary alicyclic amines) is 1. The van der Waals surface area contributed by atoms with Crippen LogP contribution < -0.4 is 5.73 Å². The molecule has 2 N–H and O–H groups in total. The maximum Gasteiger partial charge on any atom is 0.0331 e. The monoisotopic (exact) mass is 182 g/mol. The Morgan fingerprint density at radius 3 is 2.62 bits per heavy atom. The van der Waals surface area contributed by atoms with Crippen molar-refractivity contribution in [3.8, 4) is 0 Å². The summed E-state index contributed by atoms with van der Waals surface area (Å²) in [6.45, 7) is 5.80. The third kappa shape index (κ3) is 1.50. The minimum absolute atomic E-state index is 0.434. The van der Waals surface area contributed by atoms with Crippen molar-refractivity contribution in [1.82, 2.24) is 4.90 Å². The summed E-state index contributed by atoms with van der Waals surface area (Å²) in [6, 6.07) is 0.